The van der Waals surface area contributed by atoms with Gasteiger partial charge in [0.15, 0.2) is 0 Å². The van der Waals surface area contributed by atoms with Crippen molar-refractivity contribution in [1.29, 1.82) is 0 Å². The van der Waals surface area contributed by atoms with Gasteiger partial charge < -0.3 is 14.2 Å². The molecule has 0 bridgehead atoms. The van der Waals surface area contributed by atoms with E-state index in [1.54, 1.807) is 0 Å². The van der Waals surface area contributed by atoms with Gasteiger partial charge in [0.25, 0.3) is 5.56 Å². The highest BCUT2D eigenvalue weighted by atomic mass is 16.6. The highest BCUT2D eigenvalue weighted by molar-refractivity contribution is 5.66. The van der Waals surface area contributed by atoms with E-state index >= 15 is 0 Å². The van der Waals surface area contributed by atoms with E-state index in [1.807, 2.05) is 0 Å². The maximum atomic E-state index is 11.9. The molecule has 1 unspecified atom stereocenters. The lowest BCUT2D eigenvalue weighted by Gasteiger charge is -2.28. The smallest absolute Gasteiger partial charge is 0.330 e. The third-order valence-electron chi connectivity index (χ3n) is 3.42. The first-order valence-corrected chi connectivity index (χ1v) is 7.13. The molecule has 0 radical (unpaired) electrons. The molecular weight excluding hydrogens is 338 g/mol. The van der Waals surface area contributed by atoms with E-state index in [4.69, 9.17) is 19.7 Å². The summed E-state index contributed by atoms with van der Waals surface area (Å²) in [6.07, 6.45) is -1.00. The molecule has 1 aromatic rings. The van der Waals surface area contributed by atoms with Gasteiger partial charge in [-0.2, -0.15) is 0 Å². The lowest BCUT2D eigenvalue weighted by atomic mass is 10.1. The summed E-state index contributed by atoms with van der Waals surface area (Å²) >= 11 is 0. The third kappa shape index (κ3) is 4.05. The molecule has 0 spiro atoms. The van der Waals surface area contributed by atoms with Gasteiger partial charge in [-0.3, -0.25) is 23.9 Å². The minimum Gasteiger partial charge on any atom is -0.462 e. The Morgan fingerprint density at radius 2 is 2.20 bits per heavy atom. The van der Waals surface area contributed by atoms with Crippen LogP contribution in [0.2, 0.25) is 0 Å². The zero-order valence-corrected chi connectivity index (χ0v) is 13.4. The van der Waals surface area contributed by atoms with Gasteiger partial charge in [-0.05, 0) is 5.53 Å². The highest BCUT2D eigenvalue weighted by Gasteiger charge is 2.52. The third-order valence-corrected chi connectivity index (χ3v) is 3.42. The summed E-state index contributed by atoms with van der Waals surface area (Å²) in [6, 6.07) is 1.10. The van der Waals surface area contributed by atoms with Crippen molar-refractivity contribution in [3.05, 3.63) is 43.5 Å². The zero-order chi connectivity index (χ0) is 18.6. The number of aromatic nitrogens is 2. The molecule has 1 fully saturated rings. The maximum absolute atomic E-state index is 11.9. The average Bonchev–Trinajstić information content (AvgIpc) is 2.83. The number of azide groups is 1. The molecule has 1 saturated heterocycles. The molecule has 0 amide bonds. The Kier molecular flexibility index (Phi) is 5.25. The molecule has 1 N–H and O–H groups in total. The number of hydrogen-bond donors (Lipinski definition) is 1. The second kappa shape index (κ2) is 7.20. The Labute approximate surface area is 139 Å². The summed E-state index contributed by atoms with van der Waals surface area (Å²) in [5.74, 6) is -1.34. The first-order chi connectivity index (χ1) is 11.8. The SMILES string of the molecule is CC(=O)OC[C@]1(N=[N+]=[N-])O[C@H](n2ccc(=O)[nH]c2=O)CC1OC(C)=O. The monoisotopic (exact) mass is 353 g/mol. The van der Waals surface area contributed by atoms with E-state index in [0.29, 0.717) is 0 Å². The molecule has 1 aliphatic heterocycles. The quantitative estimate of drug-likeness (QED) is 0.335. The van der Waals surface area contributed by atoms with Crippen molar-refractivity contribution in [1.82, 2.24) is 9.55 Å². The molecule has 2 rings (SSSR count). The Morgan fingerprint density at radius 1 is 1.48 bits per heavy atom. The molecule has 12 heteroatoms. The van der Waals surface area contributed by atoms with Gasteiger partial charge in [-0.25, -0.2) is 4.79 Å². The summed E-state index contributed by atoms with van der Waals surface area (Å²) in [6.45, 7) is 1.77. The van der Waals surface area contributed by atoms with Crippen LogP contribution in [0.15, 0.2) is 27.0 Å². The maximum Gasteiger partial charge on any atom is 0.330 e. The van der Waals surface area contributed by atoms with Gasteiger partial charge >= 0.3 is 17.6 Å². The van der Waals surface area contributed by atoms with E-state index < -0.39 is 47.9 Å². The van der Waals surface area contributed by atoms with Crippen LogP contribution in [0.4, 0.5) is 0 Å². The van der Waals surface area contributed by atoms with E-state index in [9.17, 15) is 19.2 Å². The predicted molar refractivity (Wildman–Crippen MR) is 80.1 cm³/mol. The first kappa shape index (κ1) is 18.2. The molecule has 134 valence electrons. The van der Waals surface area contributed by atoms with E-state index in [-0.39, 0.29) is 6.42 Å². The van der Waals surface area contributed by atoms with Gasteiger partial charge in [-0.1, -0.05) is 5.11 Å². The number of rotatable bonds is 5. The van der Waals surface area contributed by atoms with Crippen molar-refractivity contribution >= 4 is 11.9 Å². The van der Waals surface area contributed by atoms with Crippen LogP contribution in [0, 0.1) is 0 Å². The summed E-state index contributed by atoms with van der Waals surface area (Å²) < 4.78 is 16.6. The summed E-state index contributed by atoms with van der Waals surface area (Å²) in [4.78, 5) is 50.3. The van der Waals surface area contributed by atoms with Crippen molar-refractivity contribution in [3.63, 3.8) is 0 Å². The van der Waals surface area contributed by atoms with Gasteiger partial charge in [0.05, 0.1) is 0 Å². The fourth-order valence-electron chi connectivity index (χ4n) is 2.42. The molecule has 2 heterocycles. The van der Waals surface area contributed by atoms with Crippen LogP contribution in [0.5, 0.6) is 0 Å². The largest absolute Gasteiger partial charge is 0.462 e. The predicted octanol–water partition coefficient (Wildman–Crippen LogP) is -0.0431. The Morgan fingerprint density at radius 3 is 2.76 bits per heavy atom. The minimum absolute atomic E-state index is 0.0637. The highest BCUT2D eigenvalue weighted by Crippen LogP contribution is 2.39. The van der Waals surface area contributed by atoms with Crippen molar-refractivity contribution < 1.29 is 23.8 Å². The summed E-state index contributed by atoms with van der Waals surface area (Å²) in [5, 5.41) is 3.50. The lowest BCUT2D eigenvalue weighted by Crippen LogP contribution is -2.44. The molecule has 3 atom stereocenters. The van der Waals surface area contributed by atoms with Crippen LogP contribution in [0.25, 0.3) is 10.4 Å². The molecule has 0 saturated carbocycles. The number of ether oxygens (including phenoxy) is 3. The number of H-pyrrole nitrogens is 1. The topological polar surface area (TPSA) is 165 Å². The Hall–Kier alpha value is -3.11. The number of esters is 2. The number of carbonyl (C=O) groups excluding carboxylic acids is 2. The summed E-state index contributed by atoms with van der Waals surface area (Å²) in [7, 11) is 0. The van der Waals surface area contributed by atoms with Crippen molar-refractivity contribution in [3.8, 4) is 0 Å². The molecular formula is C13H15N5O7. The number of hydrogen-bond acceptors (Lipinski definition) is 8. The molecule has 1 aliphatic rings. The van der Waals surface area contributed by atoms with Crippen LogP contribution in [0.1, 0.15) is 26.5 Å². The van der Waals surface area contributed by atoms with Crippen LogP contribution in [-0.4, -0.2) is 39.9 Å². The van der Waals surface area contributed by atoms with Crippen molar-refractivity contribution in [2.45, 2.75) is 38.3 Å². The average molecular weight is 353 g/mol. The van der Waals surface area contributed by atoms with Gasteiger partial charge in [0.2, 0.25) is 5.72 Å². The molecule has 0 aromatic carbocycles. The van der Waals surface area contributed by atoms with Gasteiger partial charge in [0.1, 0.15) is 18.9 Å². The van der Waals surface area contributed by atoms with Crippen LogP contribution in [-0.2, 0) is 23.8 Å². The molecule has 12 nitrogen and oxygen atoms in total. The molecule has 0 aliphatic carbocycles. The Bertz CT molecular complexity index is 840. The van der Waals surface area contributed by atoms with Crippen LogP contribution in [0.3, 0.4) is 0 Å². The van der Waals surface area contributed by atoms with Crippen molar-refractivity contribution in [2.24, 2.45) is 5.11 Å². The standard InChI is InChI=1S/C13H15N5O7/c1-7(19)23-6-13(16-17-14)9(24-8(2)20)5-11(25-13)18-4-3-10(21)15-12(18)22/h3-4,9,11H,5-6H2,1-2H3,(H,15,21,22)/t9?,11-,13-/m0/s1. The van der Waals surface area contributed by atoms with E-state index in [0.717, 1.165) is 24.5 Å². The Balaban J connectivity index is 2.42. The fourth-order valence-corrected chi connectivity index (χ4v) is 2.42. The number of nitrogens with one attached hydrogen (secondary N) is 1. The number of carbonyl (C=O) groups is 2. The van der Waals surface area contributed by atoms with Gasteiger partial charge in [0, 0.05) is 37.4 Å². The minimum atomic E-state index is -1.84. The van der Waals surface area contributed by atoms with Gasteiger partial charge in [-0.15, -0.1) is 0 Å². The second-order valence-electron chi connectivity index (χ2n) is 5.24. The first-order valence-electron chi connectivity index (χ1n) is 7.13. The number of aromatic amines is 1. The van der Waals surface area contributed by atoms with Crippen LogP contribution < -0.4 is 11.2 Å². The van der Waals surface area contributed by atoms with Crippen LogP contribution >= 0.6 is 0 Å². The fraction of sp³-hybridized carbons (Fsp3) is 0.538. The number of nitrogens with zero attached hydrogens (tertiary/aromatic N) is 4. The lowest BCUT2D eigenvalue weighted by molar-refractivity contribution is -0.174. The van der Waals surface area contributed by atoms with E-state index in [2.05, 4.69) is 15.0 Å². The molecule has 1 aromatic heterocycles. The molecule has 25 heavy (non-hydrogen) atoms. The van der Waals surface area contributed by atoms with E-state index in [1.165, 1.54) is 6.20 Å². The second-order valence-corrected chi connectivity index (χ2v) is 5.24. The summed E-state index contributed by atoms with van der Waals surface area (Å²) in [5.41, 5.74) is 5.64. The van der Waals surface area contributed by atoms with Crippen molar-refractivity contribution in [2.75, 3.05) is 6.61 Å². The zero-order valence-electron chi connectivity index (χ0n) is 13.4. The normalized spacial score (nSPS) is 25.0.